The third-order valence-corrected chi connectivity index (χ3v) is 5.83. The van der Waals surface area contributed by atoms with Gasteiger partial charge in [0.25, 0.3) is 5.91 Å². The minimum absolute atomic E-state index is 0.00601. The summed E-state index contributed by atoms with van der Waals surface area (Å²) in [5.74, 6) is -1.97. The highest BCUT2D eigenvalue weighted by atomic mass is 19.1. The molecule has 7 heteroatoms. The molecule has 0 radical (unpaired) electrons. The van der Waals surface area contributed by atoms with Crippen LogP contribution in [0.5, 0.6) is 0 Å². The number of benzene rings is 2. The van der Waals surface area contributed by atoms with Crippen molar-refractivity contribution < 1.29 is 18.4 Å². The summed E-state index contributed by atoms with van der Waals surface area (Å²) in [5, 5.41) is 3.06. The Morgan fingerprint density at radius 3 is 2.33 bits per heavy atom. The first-order chi connectivity index (χ1) is 16.0. The molecule has 1 fully saturated rings. The highest BCUT2D eigenvalue weighted by Crippen LogP contribution is 2.31. The van der Waals surface area contributed by atoms with E-state index in [1.54, 1.807) is 18.2 Å². The molecule has 1 aliphatic carbocycles. The van der Waals surface area contributed by atoms with Crippen LogP contribution in [-0.2, 0) is 4.79 Å². The van der Waals surface area contributed by atoms with Gasteiger partial charge in [0.15, 0.2) is 0 Å². The van der Waals surface area contributed by atoms with Crippen LogP contribution in [0.1, 0.15) is 54.2 Å². The second-order valence-corrected chi connectivity index (χ2v) is 8.17. The molecule has 33 heavy (non-hydrogen) atoms. The van der Waals surface area contributed by atoms with Gasteiger partial charge in [-0.1, -0.05) is 43.5 Å². The molecule has 1 aliphatic rings. The molecule has 1 heterocycles. The normalized spacial score (nSPS) is 15.0. The van der Waals surface area contributed by atoms with E-state index in [0.29, 0.717) is 5.56 Å². The van der Waals surface area contributed by atoms with Crippen molar-refractivity contribution in [2.75, 3.05) is 4.90 Å². The van der Waals surface area contributed by atoms with E-state index in [4.69, 9.17) is 0 Å². The number of hydrogen-bond acceptors (Lipinski definition) is 3. The molecule has 2 aromatic carbocycles. The molecule has 1 atom stereocenters. The summed E-state index contributed by atoms with van der Waals surface area (Å²) in [6.45, 7) is 0. The second-order valence-electron chi connectivity index (χ2n) is 8.17. The summed E-state index contributed by atoms with van der Waals surface area (Å²) in [6.07, 6.45) is 6.36. The average molecular weight is 450 g/mol. The zero-order valence-electron chi connectivity index (χ0n) is 18.1. The van der Waals surface area contributed by atoms with E-state index >= 15 is 0 Å². The number of carbonyl (C=O) groups excluding carboxylic acids is 2. The third kappa shape index (κ3) is 5.42. The molecule has 0 saturated heterocycles. The summed E-state index contributed by atoms with van der Waals surface area (Å²) >= 11 is 0. The number of nitrogens with zero attached hydrogens (tertiary/aromatic N) is 2. The predicted molar refractivity (Wildman–Crippen MR) is 122 cm³/mol. The minimum atomic E-state index is -1.14. The van der Waals surface area contributed by atoms with E-state index in [-0.39, 0.29) is 17.4 Å². The van der Waals surface area contributed by atoms with Crippen LogP contribution in [0.4, 0.5) is 14.5 Å². The Hall–Kier alpha value is -3.61. The molecule has 1 aromatic heterocycles. The molecule has 0 aliphatic heterocycles. The van der Waals surface area contributed by atoms with Gasteiger partial charge in [-0.15, -0.1) is 0 Å². The average Bonchev–Trinajstić information content (AvgIpc) is 2.84. The van der Waals surface area contributed by atoms with Gasteiger partial charge in [0.05, 0.1) is 0 Å². The largest absolute Gasteiger partial charge is 0.351 e. The van der Waals surface area contributed by atoms with Crippen LogP contribution in [0.15, 0.2) is 72.9 Å². The third-order valence-electron chi connectivity index (χ3n) is 5.83. The zero-order chi connectivity index (χ0) is 23.2. The maximum Gasteiger partial charge on any atom is 0.277 e. The van der Waals surface area contributed by atoms with Crippen molar-refractivity contribution in [1.82, 2.24) is 10.3 Å². The van der Waals surface area contributed by atoms with Crippen molar-refractivity contribution in [2.24, 2.45) is 0 Å². The predicted octanol–water partition coefficient (Wildman–Crippen LogP) is 5.20. The lowest BCUT2D eigenvalue weighted by Crippen LogP contribution is -2.47. The number of anilines is 1. The van der Waals surface area contributed by atoms with E-state index in [9.17, 15) is 18.4 Å². The highest BCUT2D eigenvalue weighted by Gasteiger charge is 2.35. The SMILES string of the molecule is O=C(NC1CCCCC1)[C@H](c1ccc(F)cc1)N(C(=O)c1ccccn1)c1cccc(F)c1. The van der Waals surface area contributed by atoms with E-state index in [1.165, 1.54) is 59.6 Å². The maximum atomic E-state index is 14.2. The van der Waals surface area contributed by atoms with Crippen LogP contribution >= 0.6 is 0 Å². The molecule has 4 rings (SSSR count). The quantitative estimate of drug-likeness (QED) is 0.563. The highest BCUT2D eigenvalue weighted by molar-refractivity contribution is 6.09. The lowest BCUT2D eigenvalue weighted by Gasteiger charge is -2.33. The lowest BCUT2D eigenvalue weighted by atomic mass is 9.94. The van der Waals surface area contributed by atoms with Crippen molar-refractivity contribution in [3.8, 4) is 0 Å². The van der Waals surface area contributed by atoms with Crippen LogP contribution in [-0.4, -0.2) is 22.8 Å². The van der Waals surface area contributed by atoms with Crippen molar-refractivity contribution in [2.45, 2.75) is 44.2 Å². The summed E-state index contributed by atoms with van der Waals surface area (Å²) in [6, 6.07) is 14.7. The summed E-state index contributed by atoms with van der Waals surface area (Å²) in [5.41, 5.74) is 0.733. The topological polar surface area (TPSA) is 62.3 Å². The zero-order valence-corrected chi connectivity index (χ0v) is 18.1. The summed E-state index contributed by atoms with van der Waals surface area (Å²) < 4.78 is 27.9. The van der Waals surface area contributed by atoms with Crippen molar-refractivity contribution in [3.05, 3.63) is 95.8 Å². The smallest absolute Gasteiger partial charge is 0.277 e. The Morgan fingerprint density at radius 2 is 1.67 bits per heavy atom. The lowest BCUT2D eigenvalue weighted by molar-refractivity contribution is -0.123. The van der Waals surface area contributed by atoms with Crippen molar-refractivity contribution in [3.63, 3.8) is 0 Å². The van der Waals surface area contributed by atoms with Crippen LogP contribution in [0.25, 0.3) is 0 Å². The van der Waals surface area contributed by atoms with Gasteiger partial charge < -0.3 is 5.32 Å². The van der Waals surface area contributed by atoms with Gasteiger partial charge in [-0.3, -0.25) is 19.5 Å². The Kier molecular flexibility index (Phi) is 7.07. The first-order valence-corrected chi connectivity index (χ1v) is 11.1. The van der Waals surface area contributed by atoms with Gasteiger partial charge in [-0.25, -0.2) is 8.78 Å². The second kappa shape index (κ2) is 10.3. The summed E-state index contributed by atoms with van der Waals surface area (Å²) in [7, 11) is 0. The van der Waals surface area contributed by atoms with Gasteiger partial charge >= 0.3 is 0 Å². The molecule has 1 N–H and O–H groups in total. The van der Waals surface area contributed by atoms with E-state index in [2.05, 4.69) is 10.3 Å². The summed E-state index contributed by atoms with van der Waals surface area (Å²) in [4.78, 5) is 32.6. The van der Waals surface area contributed by atoms with E-state index in [0.717, 1.165) is 32.1 Å². The van der Waals surface area contributed by atoms with Gasteiger partial charge in [0, 0.05) is 17.9 Å². The molecule has 170 valence electrons. The number of aromatic nitrogens is 1. The van der Waals surface area contributed by atoms with Crippen LogP contribution < -0.4 is 10.2 Å². The fourth-order valence-electron chi connectivity index (χ4n) is 4.21. The standard InChI is InChI=1S/C26H25F2N3O2/c27-19-14-12-18(13-15-19)24(25(32)30-21-8-2-1-3-9-21)31(22-10-6-7-20(28)17-22)26(33)23-11-4-5-16-29-23/h4-7,10-17,21,24H,1-3,8-9H2,(H,30,32)/t24-/m0/s1. The van der Waals surface area contributed by atoms with Crippen LogP contribution in [0, 0.1) is 11.6 Å². The molecule has 5 nitrogen and oxygen atoms in total. The molecule has 2 amide bonds. The number of pyridine rings is 1. The first kappa shape index (κ1) is 22.6. The number of amides is 2. The molecule has 0 bridgehead atoms. The van der Waals surface area contributed by atoms with E-state index in [1.807, 2.05) is 0 Å². The number of rotatable bonds is 6. The first-order valence-electron chi connectivity index (χ1n) is 11.1. The molecule has 0 spiro atoms. The molecular formula is C26H25F2N3O2. The molecule has 3 aromatic rings. The minimum Gasteiger partial charge on any atom is -0.351 e. The Balaban J connectivity index is 1.80. The Bertz CT molecular complexity index is 1100. The number of carbonyl (C=O) groups is 2. The number of halogens is 2. The number of hydrogen-bond donors (Lipinski definition) is 1. The van der Waals surface area contributed by atoms with Crippen molar-refractivity contribution >= 4 is 17.5 Å². The van der Waals surface area contributed by atoms with Crippen LogP contribution in [0.3, 0.4) is 0 Å². The Morgan fingerprint density at radius 1 is 0.909 bits per heavy atom. The monoisotopic (exact) mass is 449 g/mol. The van der Waals surface area contributed by atoms with Crippen LogP contribution in [0.2, 0.25) is 0 Å². The van der Waals surface area contributed by atoms with Gasteiger partial charge in [0.1, 0.15) is 23.4 Å². The van der Waals surface area contributed by atoms with Crippen molar-refractivity contribution in [1.29, 1.82) is 0 Å². The van der Waals surface area contributed by atoms with E-state index < -0.39 is 29.5 Å². The van der Waals surface area contributed by atoms with Gasteiger partial charge in [-0.2, -0.15) is 0 Å². The molecule has 0 unspecified atom stereocenters. The Labute approximate surface area is 191 Å². The number of nitrogens with one attached hydrogen (secondary N) is 1. The van der Waals surface area contributed by atoms with Gasteiger partial charge in [0.2, 0.25) is 5.91 Å². The maximum absolute atomic E-state index is 14.2. The fraction of sp³-hybridized carbons (Fsp3) is 0.269. The van der Waals surface area contributed by atoms with Gasteiger partial charge in [-0.05, 0) is 60.9 Å². The molecule has 1 saturated carbocycles. The fourth-order valence-corrected chi connectivity index (χ4v) is 4.21. The molecular weight excluding hydrogens is 424 g/mol.